The average molecular weight is 337 g/mol. The third-order valence-electron chi connectivity index (χ3n) is 6.33. The van der Waals surface area contributed by atoms with Gasteiger partial charge in [-0.15, -0.1) is 0 Å². The minimum atomic E-state index is -0.673. The number of ether oxygens (including phenoxy) is 1. The van der Waals surface area contributed by atoms with E-state index in [0.29, 0.717) is 37.8 Å². The molecule has 3 atom stereocenters. The van der Waals surface area contributed by atoms with Crippen LogP contribution in [0.5, 0.6) is 0 Å². The van der Waals surface area contributed by atoms with Crippen molar-refractivity contribution in [2.75, 3.05) is 6.61 Å². The zero-order valence-electron chi connectivity index (χ0n) is 14.8. The molecule has 136 valence electrons. The molecule has 3 unspecified atom stereocenters. The Hall–Kier alpha value is -1.10. The zero-order valence-corrected chi connectivity index (χ0v) is 14.8. The molecule has 5 nitrogen and oxygen atoms in total. The van der Waals surface area contributed by atoms with Gasteiger partial charge in [-0.1, -0.05) is 19.8 Å². The highest BCUT2D eigenvalue weighted by atomic mass is 16.5. The Kier molecular flexibility index (Phi) is 5.80. The number of fused-ring (bicyclic) bond motifs is 1. The Morgan fingerprint density at radius 1 is 1.08 bits per heavy atom. The average Bonchev–Trinajstić information content (AvgIpc) is 2.98. The summed E-state index contributed by atoms with van der Waals surface area (Å²) in [6.45, 7) is 2.57. The molecule has 0 radical (unpaired) electrons. The van der Waals surface area contributed by atoms with Crippen molar-refractivity contribution in [3.05, 3.63) is 0 Å². The molecule has 0 aromatic heterocycles. The van der Waals surface area contributed by atoms with E-state index in [2.05, 4.69) is 4.90 Å². The van der Waals surface area contributed by atoms with Crippen LogP contribution in [0.1, 0.15) is 71.1 Å². The zero-order chi connectivity index (χ0) is 17.1. The summed E-state index contributed by atoms with van der Waals surface area (Å²) in [5.74, 6) is 0.0589. The van der Waals surface area contributed by atoms with Crippen molar-refractivity contribution in [1.82, 2.24) is 4.90 Å². The molecule has 1 amide bonds. The fourth-order valence-corrected chi connectivity index (χ4v) is 5.01. The van der Waals surface area contributed by atoms with Gasteiger partial charge in [0.1, 0.15) is 0 Å². The molecular formula is C19H31NO4. The van der Waals surface area contributed by atoms with Crippen LogP contribution in [0.4, 0.5) is 0 Å². The molecule has 5 heteroatoms. The Morgan fingerprint density at radius 3 is 2.46 bits per heavy atom. The maximum atomic E-state index is 12.5. The fourth-order valence-electron chi connectivity index (χ4n) is 5.01. The molecule has 2 aliphatic carbocycles. The van der Waals surface area contributed by atoms with E-state index in [-0.39, 0.29) is 24.0 Å². The third kappa shape index (κ3) is 3.76. The summed E-state index contributed by atoms with van der Waals surface area (Å²) >= 11 is 0. The van der Waals surface area contributed by atoms with Gasteiger partial charge < -0.3 is 14.7 Å². The summed E-state index contributed by atoms with van der Waals surface area (Å²) in [4.78, 5) is 25.6. The smallest absolute Gasteiger partial charge is 0.306 e. The maximum Gasteiger partial charge on any atom is 0.306 e. The van der Waals surface area contributed by atoms with Crippen LogP contribution in [0.2, 0.25) is 0 Å². The molecule has 0 aromatic carbocycles. The van der Waals surface area contributed by atoms with E-state index in [1.165, 1.54) is 19.3 Å². The highest BCUT2D eigenvalue weighted by Gasteiger charge is 2.44. The van der Waals surface area contributed by atoms with Gasteiger partial charge in [-0.05, 0) is 50.9 Å². The number of rotatable bonds is 5. The molecule has 0 aromatic rings. The van der Waals surface area contributed by atoms with Gasteiger partial charge in [0.15, 0.2) is 0 Å². The maximum absolute atomic E-state index is 12.5. The SMILES string of the molecule is CCC(=O)N1C(COC2CCC(C(=O)O)CC2)CC2CCCCC21. The van der Waals surface area contributed by atoms with Gasteiger partial charge in [0, 0.05) is 12.5 Å². The van der Waals surface area contributed by atoms with E-state index >= 15 is 0 Å². The van der Waals surface area contributed by atoms with E-state index < -0.39 is 5.97 Å². The van der Waals surface area contributed by atoms with Gasteiger partial charge in [-0.25, -0.2) is 0 Å². The van der Waals surface area contributed by atoms with Crippen molar-refractivity contribution in [3.8, 4) is 0 Å². The molecule has 1 aliphatic heterocycles. The highest BCUT2D eigenvalue weighted by Crippen LogP contribution is 2.40. The molecule has 3 rings (SSSR count). The number of aliphatic carboxylic acids is 1. The van der Waals surface area contributed by atoms with E-state index in [4.69, 9.17) is 9.84 Å². The predicted octanol–water partition coefficient (Wildman–Crippen LogP) is 3.22. The van der Waals surface area contributed by atoms with Crippen LogP contribution in [0.25, 0.3) is 0 Å². The van der Waals surface area contributed by atoms with Crippen molar-refractivity contribution in [2.24, 2.45) is 11.8 Å². The van der Waals surface area contributed by atoms with Gasteiger partial charge in [-0.3, -0.25) is 9.59 Å². The minimum Gasteiger partial charge on any atom is -0.481 e. The number of nitrogens with zero attached hydrogens (tertiary/aromatic N) is 1. The standard InChI is InChI=1S/C19H31NO4/c1-2-18(21)20-15(11-14-5-3-4-6-17(14)20)12-24-16-9-7-13(8-10-16)19(22)23/h13-17H,2-12H2,1H3,(H,22,23). The first-order chi connectivity index (χ1) is 11.6. The lowest BCUT2D eigenvalue weighted by molar-refractivity contribution is -0.144. The second-order valence-electron chi connectivity index (χ2n) is 7.80. The molecule has 3 fully saturated rings. The second-order valence-corrected chi connectivity index (χ2v) is 7.80. The normalized spacial score (nSPS) is 36.4. The van der Waals surface area contributed by atoms with Gasteiger partial charge in [-0.2, -0.15) is 0 Å². The molecule has 2 saturated carbocycles. The highest BCUT2D eigenvalue weighted by molar-refractivity contribution is 5.77. The number of likely N-dealkylation sites (tertiary alicyclic amines) is 1. The lowest BCUT2D eigenvalue weighted by Gasteiger charge is -2.34. The van der Waals surface area contributed by atoms with Gasteiger partial charge in [0.05, 0.1) is 24.7 Å². The first-order valence-corrected chi connectivity index (χ1v) is 9.75. The molecular weight excluding hydrogens is 306 g/mol. The van der Waals surface area contributed by atoms with Crippen LogP contribution in [-0.2, 0) is 14.3 Å². The van der Waals surface area contributed by atoms with Gasteiger partial charge in [0.2, 0.25) is 5.91 Å². The van der Waals surface area contributed by atoms with Crippen molar-refractivity contribution >= 4 is 11.9 Å². The third-order valence-corrected chi connectivity index (χ3v) is 6.33. The number of hydrogen-bond donors (Lipinski definition) is 1. The molecule has 1 saturated heterocycles. The van der Waals surface area contributed by atoms with Crippen molar-refractivity contribution in [2.45, 2.75) is 89.3 Å². The van der Waals surface area contributed by atoms with Crippen LogP contribution in [0.15, 0.2) is 0 Å². The summed E-state index contributed by atoms with van der Waals surface area (Å²) in [6, 6.07) is 0.658. The number of carboxylic acids is 1. The minimum absolute atomic E-state index is 0.168. The number of carboxylic acid groups (broad SMARTS) is 1. The van der Waals surface area contributed by atoms with Crippen LogP contribution >= 0.6 is 0 Å². The molecule has 1 heterocycles. The van der Waals surface area contributed by atoms with Crippen LogP contribution in [0, 0.1) is 11.8 Å². The van der Waals surface area contributed by atoms with Crippen LogP contribution < -0.4 is 0 Å². The Bertz CT molecular complexity index is 458. The monoisotopic (exact) mass is 337 g/mol. The summed E-state index contributed by atoms with van der Waals surface area (Å²) in [5, 5.41) is 9.08. The topological polar surface area (TPSA) is 66.8 Å². The number of carbonyl (C=O) groups is 2. The predicted molar refractivity (Wildman–Crippen MR) is 90.6 cm³/mol. The lowest BCUT2D eigenvalue weighted by atomic mass is 9.84. The first kappa shape index (κ1) is 17.7. The summed E-state index contributed by atoms with van der Waals surface area (Å²) in [7, 11) is 0. The molecule has 24 heavy (non-hydrogen) atoms. The van der Waals surface area contributed by atoms with Crippen molar-refractivity contribution < 1.29 is 19.4 Å². The quantitative estimate of drug-likeness (QED) is 0.836. The number of hydrogen-bond acceptors (Lipinski definition) is 3. The first-order valence-electron chi connectivity index (χ1n) is 9.75. The van der Waals surface area contributed by atoms with Crippen LogP contribution in [0.3, 0.4) is 0 Å². The van der Waals surface area contributed by atoms with Gasteiger partial charge in [0.25, 0.3) is 0 Å². The summed E-state index contributed by atoms with van der Waals surface area (Å²) in [5.41, 5.74) is 0. The number of amides is 1. The molecule has 0 bridgehead atoms. The van der Waals surface area contributed by atoms with Crippen molar-refractivity contribution in [1.29, 1.82) is 0 Å². The molecule has 3 aliphatic rings. The second kappa shape index (κ2) is 7.85. The largest absolute Gasteiger partial charge is 0.481 e. The van der Waals surface area contributed by atoms with E-state index in [1.807, 2.05) is 6.92 Å². The van der Waals surface area contributed by atoms with Gasteiger partial charge >= 0.3 is 5.97 Å². The molecule has 0 spiro atoms. The summed E-state index contributed by atoms with van der Waals surface area (Å²) < 4.78 is 6.14. The number of carbonyl (C=O) groups excluding carboxylic acids is 1. The van der Waals surface area contributed by atoms with E-state index in [1.54, 1.807) is 0 Å². The lowest BCUT2D eigenvalue weighted by Crippen LogP contribution is -2.45. The Labute approximate surface area is 144 Å². The fraction of sp³-hybridized carbons (Fsp3) is 0.895. The van der Waals surface area contributed by atoms with Crippen molar-refractivity contribution in [3.63, 3.8) is 0 Å². The Balaban J connectivity index is 1.53. The van der Waals surface area contributed by atoms with Crippen LogP contribution in [-0.4, -0.2) is 46.7 Å². The van der Waals surface area contributed by atoms with E-state index in [9.17, 15) is 9.59 Å². The summed E-state index contributed by atoms with van der Waals surface area (Å²) in [6.07, 6.45) is 9.85. The Morgan fingerprint density at radius 2 is 1.79 bits per heavy atom. The van der Waals surface area contributed by atoms with E-state index in [0.717, 1.165) is 25.7 Å². The molecule has 1 N–H and O–H groups in total.